The second kappa shape index (κ2) is 10.9. The number of H-pyrrole nitrogens is 1. The van der Waals surface area contributed by atoms with E-state index in [1.165, 1.54) is 0 Å². The van der Waals surface area contributed by atoms with Gasteiger partial charge in [0.2, 0.25) is 5.91 Å². The largest absolute Gasteiger partial charge is 0.490 e. The molecule has 1 atom stereocenters. The van der Waals surface area contributed by atoms with Gasteiger partial charge in [0.1, 0.15) is 5.82 Å². The molecule has 2 heterocycles. The molecule has 8 nitrogen and oxygen atoms in total. The van der Waals surface area contributed by atoms with Crippen molar-refractivity contribution in [3.63, 3.8) is 0 Å². The Morgan fingerprint density at radius 2 is 1.74 bits per heavy atom. The van der Waals surface area contributed by atoms with Crippen molar-refractivity contribution in [1.82, 2.24) is 25.5 Å². The maximum absolute atomic E-state index is 12.4. The predicted octanol–water partition coefficient (Wildman–Crippen LogP) is 3.31. The highest BCUT2D eigenvalue weighted by molar-refractivity contribution is 5.83. The molecule has 2 aromatic heterocycles. The van der Waals surface area contributed by atoms with E-state index >= 15 is 0 Å². The summed E-state index contributed by atoms with van der Waals surface area (Å²) in [5, 5.41) is 17.1. The number of aliphatic carboxylic acids is 1. The third-order valence-corrected chi connectivity index (χ3v) is 4.07. The lowest BCUT2D eigenvalue weighted by Crippen LogP contribution is -2.29. The summed E-state index contributed by atoms with van der Waals surface area (Å²) in [6.45, 7) is 2.33. The van der Waals surface area contributed by atoms with Gasteiger partial charge < -0.3 is 10.4 Å². The first-order valence-corrected chi connectivity index (χ1v) is 9.16. The smallest absolute Gasteiger partial charge is 0.475 e. The molecule has 3 rings (SSSR count). The predicted molar refractivity (Wildman–Crippen MR) is 105 cm³/mol. The molecule has 0 saturated carbocycles. The Morgan fingerprint density at radius 3 is 2.29 bits per heavy atom. The van der Waals surface area contributed by atoms with Crippen LogP contribution in [0, 0.1) is 0 Å². The number of aromatic amines is 1. The van der Waals surface area contributed by atoms with Gasteiger partial charge in [0.05, 0.1) is 12.5 Å². The minimum atomic E-state index is -5.08. The quantitative estimate of drug-likeness (QED) is 0.546. The first kappa shape index (κ1) is 23.5. The summed E-state index contributed by atoms with van der Waals surface area (Å²) in [6, 6.07) is 13.5. The Morgan fingerprint density at radius 1 is 1.13 bits per heavy atom. The number of nitrogens with one attached hydrogen (secondary N) is 2. The summed E-state index contributed by atoms with van der Waals surface area (Å²) >= 11 is 0. The number of carboxylic acid groups (broad SMARTS) is 1. The summed E-state index contributed by atoms with van der Waals surface area (Å²) < 4.78 is 31.7. The van der Waals surface area contributed by atoms with Crippen molar-refractivity contribution < 1.29 is 27.9 Å². The van der Waals surface area contributed by atoms with E-state index in [1.807, 2.05) is 49.4 Å². The second-order valence-corrected chi connectivity index (χ2v) is 6.23. The van der Waals surface area contributed by atoms with Crippen molar-refractivity contribution in [3.05, 3.63) is 66.2 Å². The number of benzene rings is 1. The van der Waals surface area contributed by atoms with Gasteiger partial charge in [0, 0.05) is 18.0 Å². The molecule has 31 heavy (non-hydrogen) atoms. The van der Waals surface area contributed by atoms with E-state index in [0.29, 0.717) is 18.2 Å². The Hall–Kier alpha value is -3.76. The number of halogens is 3. The van der Waals surface area contributed by atoms with Crippen LogP contribution in [0.25, 0.3) is 11.4 Å². The van der Waals surface area contributed by atoms with Crippen molar-refractivity contribution in [2.75, 3.05) is 0 Å². The molecule has 0 aliphatic heterocycles. The highest BCUT2D eigenvalue weighted by Crippen LogP contribution is 2.19. The molecule has 0 aliphatic rings. The fourth-order valence-corrected chi connectivity index (χ4v) is 2.56. The van der Waals surface area contributed by atoms with Crippen LogP contribution in [-0.4, -0.2) is 43.3 Å². The van der Waals surface area contributed by atoms with Crippen LogP contribution in [0.3, 0.4) is 0 Å². The monoisotopic (exact) mass is 435 g/mol. The lowest BCUT2D eigenvalue weighted by atomic mass is 9.96. The van der Waals surface area contributed by atoms with E-state index in [1.54, 1.807) is 12.4 Å². The molecule has 3 N–H and O–H groups in total. The summed E-state index contributed by atoms with van der Waals surface area (Å²) in [6.07, 6.45) is -0.952. The molecule has 3 aromatic rings. The Balaban J connectivity index is 0.000000423. The van der Waals surface area contributed by atoms with Gasteiger partial charge in [0.15, 0.2) is 5.82 Å². The molecule has 0 fully saturated rings. The van der Waals surface area contributed by atoms with Gasteiger partial charge in [-0.25, -0.2) is 9.78 Å². The number of pyridine rings is 1. The lowest BCUT2D eigenvalue weighted by molar-refractivity contribution is -0.192. The zero-order chi connectivity index (χ0) is 22.9. The number of carbonyl (C=O) groups is 2. The van der Waals surface area contributed by atoms with Gasteiger partial charge >= 0.3 is 12.1 Å². The molecular formula is C20H20F3N5O3. The summed E-state index contributed by atoms with van der Waals surface area (Å²) in [4.78, 5) is 29.7. The van der Waals surface area contributed by atoms with Gasteiger partial charge in [-0.15, -0.1) is 0 Å². The Kier molecular flexibility index (Phi) is 8.24. The van der Waals surface area contributed by atoms with Crippen LogP contribution < -0.4 is 5.32 Å². The number of nitrogens with zero attached hydrogens (tertiary/aromatic N) is 3. The van der Waals surface area contributed by atoms with Crippen molar-refractivity contribution in [1.29, 1.82) is 0 Å². The maximum atomic E-state index is 12.4. The Bertz CT molecular complexity index is 978. The summed E-state index contributed by atoms with van der Waals surface area (Å²) in [7, 11) is 0. The van der Waals surface area contributed by atoms with Gasteiger partial charge in [-0.2, -0.15) is 18.3 Å². The third kappa shape index (κ3) is 7.21. The number of amides is 1. The number of alkyl halides is 3. The van der Waals surface area contributed by atoms with Gasteiger partial charge in [-0.1, -0.05) is 37.3 Å². The topological polar surface area (TPSA) is 121 Å². The molecule has 1 amide bonds. The number of aromatic nitrogens is 4. The van der Waals surface area contributed by atoms with Crippen molar-refractivity contribution in [2.24, 2.45) is 0 Å². The second-order valence-electron chi connectivity index (χ2n) is 6.23. The van der Waals surface area contributed by atoms with Gasteiger partial charge in [-0.05, 0) is 24.1 Å². The normalized spacial score (nSPS) is 11.7. The van der Waals surface area contributed by atoms with Crippen molar-refractivity contribution in [2.45, 2.75) is 32.0 Å². The van der Waals surface area contributed by atoms with E-state index < -0.39 is 12.1 Å². The molecule has 0 bridgehead atoms. The molecular weight excluding hydrogens is 415 g/mol. The lowest BCUT2D eigenvalue weighted by Gasteiger charge is -2.14. The molecule has 0 radical (unpaired) electrons. The van der Waals surface area contributed by atoms with Crippen LogP contribution >= 0.6 is 0 Å². The molecule has 1 aromatic carbocycles. The molecule has 0 aliphatic carbocycles. The number of hydrogen-bond acceptors (Lipinski definition) is 5. The van der Waals surface area contributed by atoms with Crippen molar-refractivity contribution >= 4 is 11.9 Å². The third-order valence-electron chi connectivity index (χ3n) is 4.07. The first-order valence-electron chi connectivity index (χ1n) is 9.16. The molecule has 0 unspecified atom stereocenters. The number of carbonyl (C=O) groups excluding carboxylic acids is 1. The SMILES string of the molecule is CC[C@@H](C(=O)NCc1nc(-c2ccncc2)n[nH]1)c1ccccc1.O=C(O)C(F)(F)F. The van der Waals surface area contributed by atoms with Gasteiger partial charge in [0.25, 0.3) is 0 Å². The fourth-order valence-electron chi connectivity index (χ4n) is 2.56. The highest BCUT2D eigenvalue weighted by Gasteiger charge is 2.38. The van der Waals surface area contributed by atoms with Crippen LogP contribution in [0.15, 0.2) is 54.9 Å². The molecule has 0 spiro atoms. The zero-order valence-electron chi connectivity index (χ0n) is 16.4. The number of hydrogen-bond donors (Lipinski definition) is 3. The van der Waals surface area contributed by atoms with Crippen LogP contribution in [-0.2, 0) is 16.1 Å². The minimum absolute atomic E-state index is 0.00874. The fraction of sp³-hybridized carbons (Fsp3) is 0.250. The van der Waals surface area contributed by atoms with Gasteiger partial charge in [-0.3, -0.25) is 14.9 Å². The standard InChI is InChI=1S/C18H19N5O.C2HF3O2/c1-2-15(13-6-4-3-5-7-13)18(24)20-12-16-21-17(23-22-16)14-8-10-19-11-9-14;3-2(4,5)1(6)7/h3-11,15H,2,12H2,1H3,(H,20,24)(H,21,22,23);(H,6,7)/t15-;/m1./s1. The minimum Gasteiger partial charge on any atom is -0.475 e. The molecule has 164 valence electrons. The van der Waals surface area contributed by atoms with Crippen molar-refractivity contribution in [3.8, 4) is 11.4 Å². The number of rotatable bonds is 6. The van der Waals surface area contributed by atoms with Crippen LogP contribution in [0.5, 0.6) is 0 Å². The highest BCUT2D eigenvalue weighted by atomic mass is 19.4. The van der Waals surface area contributed by atoms with E-state index in [9.17, 15) is 18.0 Å². The maximum Gasteiger partial charge on any atom is 0.490 e. The van der Waals surface area contributed by atoms with E-state index in [0.717, 1.165) is 17.5 Å². The van der Waals surface area contributed by atoms with Crippen LogP contribution in [0.2, 0.25) is 0 Å². The number of carboxylic acids is 1. The summed E-state index contributed by atoms with van der Waals surface area (Å²) in [5.41, 5.74) is 1.90. The van der Waals surface area contributed by atoms with Crippen LogP contribution in [0.1, 0.15) is 30.7 Å². The van der Waals surface area contributed by atoms with Crippen LogP contribution in [0.4, 0.5) is 13.2 Å². The average Bonchev–Trinajstić information content (AvgIpc) is 3.23. The zero-order valence-corrected chi connectivity index (χ0v) is 16.4. The molecule has 11 heteroatoms. The van der Waals surface area contributed by atoms with E-state index in [2.05, 4.69) is 25.5 Å². The average molecular weight is 435 g/mol. The Labute approximate surface area is 175 Å². The van der Waals surface area contributed by atoms with E-state index in [4.69, 9.17) is 9.90 Å². The molecule has 0 saturated heterocycles. The first-order chi connectivity index (χ1) is 14.7. The summed E-state index contributed by atoms with van der Waals surface area (Å²) in [5.74, 6) is -1.71. The van der Waals surface area contributed by atoms with E-state index in [-0.39, 0.29) is 11.8 Å².